The third-order valence-corrected chi connectivity index (χ3v) is 3.13. The Balaban J connectivity index is 2.55. The minimum atomic E-state index is -0.208. The van der Waals surface area contributed by atoms with E-state index in [4.69, 9.17) is 0 Å². The summed E-state index contributed by atoms with van der Waals surface area (Å²) in [4.78, 5) is 0. The topological polar surface area (TPSA) is 40.5 Å². The second kappa shape index (κ2) is 3.75. The van der Waals surface area contributed by atoms with Crippen molar-refractivity contribution in [3.05, 3.63) is 0 Å². The molecule has 1 saturated carbocycles. The van der Waals surface area contributed by atoms with E-state index in [9.17, 15) is 10.2 Å². The first-order valence-electron chi connectivity index (χ1n) is 4.88. The van der Waals surface area contributed by atoms with Crippen LogP contribution in [0.4, 0.5) is 0 Å². The van der Waals surface area contributed by atoms with Crippen molar-refractivity contribution in [2.45, 2.75) is 45.8 Å². The van der Waals surface area contributed by atoms with Gasteiger partial charge in [0.2, 0.25) is 0 Å². The first kappa shape index (κ1) is 10.0. The van der Waals surface area contributed by atoms with E-state index in [1.165, 1.54) is 0 Å². The standard InChI is InChI=1S/C10H20O2/c1-6(2)8-5-9(11)7(3)4-10(8)12/h6-12H,4-5H2,1-3H3. The molecule has 4 atom stereocenters. The van der Waals surface area contributed by atoms with E-state index in [0.29, 0.717) is 5.92 Å². The van der Waals surface area contributed by atoms with Gasteiger partial charge >= 0.3 is 0 Å². The van der Waals surface area contributed by atoms with Gasteiger partial charge < -0.3 is 10.2 Å². The molecule has 0 spiro atoms. The van der Waals surface area contributed by atoms with E-state index in [-0.39, 0.29) is 24.0 Å². The molecular formula is C10H20O2. The molecule has 1 rings (SSSR count). The summed E-state index contributed by atoms with van der Waals surface area (Å²) < 4.78 is 0. The molecule has 0 aromatic heterocycles. The van der Waals surface area contributed by atoms with Gasteiger partial charge in [0.15, 0.2) is 0 Å². The van der Waals surface area contributed by atoms with Gasteiger partial charge in [0.25, 0.3) is 0 Å². The van der Waals surface area contributed by atoms with Crippen LogP contribution in [-0.2, 0) is 0 Å². The van der Waals surface area contributed by atoms with Crippen LogP contribution in [0.1, 0.15) is 33.6 Å². The predicted molar refractivity (Wildman–Crippen MR) is 48.7 cm³/mol. The van der Waals surface area contributed by atoms with E-state index < -0.39 is 0 Å². The van der Waals surface area contributed by atoms with Crippen molar-refractivity contribution in [2.24, 2.45) is 17.8 Å². The molecule has 2 N–H and O–H groups in total. The van der Waals surface area contributed by atoms with Gasteiger partial charge in [-0.2, -0.15) is 0 Å². The molecule has 2 nitrogen and oxygen atoms in total. The van der Waals surface area contributed by atoms with Crippen molar-refractivity contribution >= 4 is 0 Å². The Morgan fingerprint density at radius 2 is 1.67 bits per heavy atom. The fraction of sp³-hybridized carbons (Fsp3) is 1.00. The maximum absolute atomic E-state index is 9.72. The highest BCUT2D eigenvalue weighted by molar-refractivity contribution is 4.84. The summed E-state index contributed by atoms with van der Waals surface area (Å²) in [5, 5.41) is 19.3. The summed E-state index contributed by atoms with van der Waals surface area (Å²) in [6, 6.07) is 0. The Labute approximate surface area is 74.6 Å². The summed E-state index contributed by atoms with van der Waals surface area (Å²) in [6.45, 7) is 6.22. The van der Waals surface area contributed by atoms with Crippen molar-refractivity contribution in [1.82, 2.24) is 0 Å². The fourth-order valence-electron chi connectivity index (χ4n) is 2.10. The summed E-state index contributed by atoms with van der Waals surface area (Å²) in [7, 11) is 0. The van der Waals surface area contributed by atoms with Crippen molar-refractivity contribution in [3.63, 3.8) is 0 Å². The van der Waals surface area contributed by atoms with Gasteiger partial charge in [-0.15, -0.1) is 0 Å². The minimum Gasteiger partial charge on any atom is -0.393 e. The molecule has 0 aliphatic heterocycles. The van der Waals surface area contributed by atoms with Crippen LogP contribution in [0.25, 0.3) is 0 Å². The Morgan fingerprint density at radius 3 is 2.17 bits per heavy atom. The maximum atomic E-state index is 9.72. The zero-order valence-electron chi connectivity index (χ0n) is 8.20. The van der Waals surface area contributed by atoms with Gasteiger partial charge in [0, 0.05) is 0 Å². The van der Waals surface area contributed by atoms with Gasteiger partial charge in [0.05, 0.1) is 12.2 Å². The zero-order valence-corrected chi connectivity index (χ0v) is 8.20. The van der Waals surface area contributed by atoms with Crippen molar-refractivity contribution in [2.75, 3.05) is 0 Å². The molecule has 0 amide bonds. The highest BCUT2D eigenvalue weighted by Gasteiger charge is 2.34. The van der Waals surface area contributed by atoms with Crippen LogP contribution in [0, 0.1) is 17.8 Å². The predicted octanol–water partition coefficient (Wildman–Crippen LogP) is 1.41. The van der Waals surface area contributed by atoms with Crippen molar-refractivity contribution < 1.29 is 10.2 Å². The van der Waals surface area contributed by atoms with Crippen molar-refractivity contribution in [1.29, 1.82) is 0 Å². The van der Waals surface area contributed by atoms with Gasteiger partial charge in [0.1, 0.15) is 0 Å². The lowest BCUT2D eigenvalue weighted by molar-refractivity contribution is -0.0413. The molecule has 0 aromatic carbocycles. The summed E-state index contributed by atoms with van der Waals surface area (Å²) in [5.41, 5.74) is 0. The van der Waals surface area contributed by atoms with Crippen LogP contribution in [0.2, 0.25) is 0 Å². The zero-order chi connectivity index (χ0) is 9.30. The maximum Gasteiger partial charge on any atom is 0.0575 e. The second-order valence-corrected chi connectivity index (χ2v) is 4.49. The van der Waals surface area contributed by atoms with Crippen LogP contribution < -0.4 is 0 Å². The molecule has 0 bridgehead atoms. The van der Waals surface area contributed by atoms with E-state index >= 15 is 0 Å². The van der Waals surface area contributed by atoms with Crippen LogP contribution in [0.3, 0.4) is 0 Å². The Morgan fingerprint density at radius 1 is 1.08 bits per heavy atom. The first-order chi connectivity index (χ1) is 5.52. The molecule has 0 heterocycles. The number of aliphatic hydroxyl groups excluding tert-OH is 2. The number of hydrogen-bond acceptors (Lipinski definition) is 2. The minimum absolute atomic E-state index is 0.205. The van der Waals surface area contributed by atoms with Gasteiger partial charge in [-0.3, -0.25) is 0 Å². The van der Waals surface area contributed by atoms with Crippen molar-refractivity contribution in [3.8, 4) is 0 Å². The van der Waals surface area contributed by atoms with E-state index in [2.05, 4.69) is 13.8 Å². The Bertz CT molecular complexity index is 145. The monoisotopic (exact) mass is 172 g/mol. The van der Waals surface area contributed by atoms with E-state index in [1.54, 1.807) is 0 Å². The molecule has 1 aliphatic carbocycles. The molecule has 0 radical (unpaired) electrons. The number of rotatable bonds is 1. The molecule has 4 unspecified atom stereocenters. The highest BCUT2D eigenvalue weighted by Crippen LogP contribution is 2.33. The van der Waals surface area contributed by atoms with E-state index in [0.717, 1.165) is 12.8 Å². The number of aliphatic hydroxyl groups is 2. The van der Waals surface area contributed by atoms with Gasteiger partial charge in [-0.25, -0.2) is 0 Å². The molecule has 1 fully saturated rings. The third-order valence-electron chi connectivity index (χ3n) is 3.13. The lowest BCUT2D eigenvalue weighted by Crippen LogP contribution is -2.39. The van der Waals surface area contributed by atoms with Gasteiger partial charge in [-0.05, 0) is 30.6 Å². The van der Waals surface area contributed by atoms with Crippen LogP contribution in [0.5, 0.6) is 0 Å². The lowest BCUT2D eigenvalue weighted by Gasteiger charge is -2.37. The Hall–Kier alpha value is -0.0800. The van der Waals surface area contributed by atoms with Crippen LogP contribution >= 0.6 is 0 Å². The van der Waals surface area contributed by atoms with Crippen LogP contribution in [-0.4, -0.2) is 22.4 Å². The smallest absolute Gasteiger partial charge is 0.0575 e. The summed E-state index contributed by atoms with van der Waals surface area (Å²) in [6.07, 6.45) is 1.11. The second-order valence-electron chi connectivity index (χ2n) is 4.49. The SMILES string of the molecule is CC(C)C1CC(O)C(C)CC1O. The summed E-state index contributed by atoms with van der Waals surface area (Å²) >= 11 is 0. The lowest BCUT2D eigenvalue weighted by atomic mass is 9.74. The normalized spacial score (nSPS) is 43.5. The Kier molecular flexibility index (Phi) is 3.13. The quantitative estimate of drug-likeness (QED) is 0.628. The first-order valence-corrected chi connectivity index (χ1v) is 4.88. The van der Waals surface area contributed by atoms with Gasteiger partial charge in [-0.1, -0.05) is 20.8 Å². The average Bonchev–Trinajstić information content (AvgIpc) is 1.96. The summed E-state index contributed by atoms with van der Waals surface area (Å²) in [5.74, 6) is 1.02. The largest absolute Gasteiger partial charge is 0.393 e. The van der Waals surface area contributed by atoms with Crippen LogP contribution in [0.15, 0.2) is 0 Å². The third kappa shape index (κ3) is 1.99. The molecule has 0 aromatic rings. The average molecular weight is 172 g/mol. The molecule has 2 heteroatoms. The molecular weight excluding hydrogens is 152 g/mol. The molecule has 1 aliphatic rings. The molecule has 0 saturated heterocycles. The molecule has 12 heavy (non-hydrogen) atoms. The molecule has 72 valence electrons. The highest BCUT2D eigenvalue weighted by atomic mass is 16.3. The fourth-order valence-corrected chi connectivity index (χ4v) is 2.10. The number of hydrogen-bond donors (Lipinski definition) is 2. The van der Waals surface area contributed by atoms with E-state index in [1.807, 2.05) is 6.92 Å².